The van der Waals surface area contributed by atoms with Crippen LogP contribution in [0.5, 0.6) is 0 Å². The summed E-state index contributed by atoms with van der Waals surface area (Å²) >= 11 is 5.88. The number of rotatable bonds is 4. The van der Waals surface area contributed by atoms with Crippen molar-refractivity contribution in [3.63, 3.8) is 0 Å². The van der Waals surface area contributed by atoms with Crippen LogP contribution in [0.15, 0.2) is 24.3 Å². The van der Waals surface area contributed by atoms with Crippen LogP contribution < -0.4 is 5.32 Å². The van der Waals surface area contributed by atoms with Crippen molar-refractivity contribution < 1.29 is 9.53 Å². The number of esters is 1. The summed E-state index contributed by atoms with van der Waals surface area (Å²) in [5.74, 6) is -0.149. The molecular formula is C14H19ClN2O2. The first-order chi connectivity index (χ1) is 9.20. The summed E-state index contributed by atoms with van der Waals surface area (Å²) in [4.78, 5) is 14.1. The Hall–Kier alpha value is -1.10. The number of nitrogens with zero attached hydrogens (tertiary/aromatic N) is 1. The van der Waals surface area contributed by atoms with Crippen molar-refractivity contribution in [1.29, 1.82) is 0 Å². The number of hydrogen-bond donors (Lipinski definition) is 1. The number of hydrogen-bond acceptors (Lipinski definition) is 4. The summed E-state index contributed by atoms with van der Waals surface area (Å²) in [5.41, 5.74) is 1.15. The van der Waals surface area contributed by atoms with E-state index in [0.717, 1.165) is 30.2 Å². The third-order valence-electron chi connectivity index (χ3n) is 3.21. The predicted molar refractivity (Wildman–Crippen MR) is 75.2 cm³/mol. The molecule has 0 saturated carbocycles. The molecule has 4 nitrogen and oxygen atoms in total. The van der Waals surface area contributed by atoms with Gasteiger partial charge in [0.05, 0.1) is 6.61 Å². The molecule has 2 rings (SSSR count). The van der Waals surface area contributed by atoms with Gasteiger partial charge < -0.3 is 10.1 Å². The second-order valence-corrected chi connectivity index (χ2v) is 5.01. The third kappa shape index (κ3) is 3.93. The van der Waals surface area contributed by atoms with Gasteiger partial charge in [-0.2, -0.15) is 0 Å². The summed E-state index contributed by atoms with van der Waals surface area (Å²) in [6.45, 7) is 5.37. The number of carbonyl (C=O) groups excluding carboxylic acids is 1. The Bertz CT molecular complexity index is 422. The van der Waals surface area contributed by atoms with E-state index in [4.69, 9.17) is 16.3 Å². The standard InChI is InChI=1S/C14H19ClN2O2/c1-2-19-14(18)13-9-16-7-8-17(13)10-11-3-5-12(15)6-4-11/h3-6,13,16H,2,7-10H2,1H3. The average Bonchev–Trinajstić information content (AvgIpc) is 2.42. The van der Waals surface area contributed by atoms with Gasteiger partial charge in [-0.05, 0) is 24.6 Å². The van der Waals surface area contributed by atoms with E-state index >= 15 is 0 Å². The smallest absolute Gasteiger partial charge is 0.324 e. The van der Waals surface area contributed by atoms with Gasteiger partial charge in [-0.3, -0.25) is 9.69 Å². The number of carbonyl (C=O) groups is 1. The Balaban J connectivity index is 2.03. The maximum absolute atomic E-state index is 11.9. The third-order valence-corrected chi connectivity index (χ3v) is 3.46. The molecule has 0 aromatic heterocycles. The van der Waals surface area contributed by atoms with E-state index in [9.17, 15) is 4.79 Å². The zero-order chi connectivity index (χ0) is 13.7. The molecule has 1 aliphatic rings. The van der Waals surface area contributed by atoms with Gasteiger partial charge >= 0.3 is 5.97 Å². The summed E-state index contributed by atoms with van der Waals surface area (Å²) in [5, 5.41) is 3.96. The van der Waals surface area contributed by atoms with Gasteiger partial charge in [0.25, 0.3) is 0 Å². The lowest BCUT2D eigenvalue weighted by atomic mass is 10.1. The van der Waals surface area contributed by atoms with Crippen molar-refractivity contribution in [1.82, 2.24) is 10.2 Å². The van der Waals surface area contributed by atoms with Crippen LogP contribution in [0.3, 0.4) is 0 Å². The summed E-state index contributed by atoms with van der Waals surface area (Å²) in [6, 6.07) is 7.53. The quantitative estimate of drug-likeness (QED) is 0.853. The first kappa shape index (κ1) is 14.3. The van der Waals surface area contributed by atoms with Crippen LogP contribution in [0.25, 0.3) is 0 Å². The van der Waals surface area contributed by atoms with Crippen molar-refractivity contribution in [2.75, 3.05) is 26.2 Å². The number of nitrogens with one attached hydrogen (secondary N) is 1. The van der Waals surface area contributed by atoms with Gasteiger partial charge in [0.15, 0.2) is 0 Å². The highest BCUT2D eigenvalue weighted by molar-refractivity contribution is 6.30. The van der Waals surface area contributed by atoms with Gasteiger partial charge in [0, 0.05) is 31.2 Å². The molecule has 1 aliphatic heterocycles. The maximum atomic E-state index is 11.9. The van der Waals surface area contributed by atoms with Crippen molar-refractivity contribution in [2.45, 2.75) is 19.5 Å². The zero-order valence-electron chi connectivity index (χ0n) is 11.1. The van der Waals surface area contributed by atoms with E-state index in [1.807, 2.05) is 31.2 Å². The first-order valence-corrected chi connectivity index (χ1v) is 6.94. The largest absolute Gasteiger partial charge is 0.465 e. The molecule has 0 spiro atoms. The minimum absolute atomic E-state index is 0.149. The van der Waals surface area contributed by atoms with E-state index in [1.165, 1.54) is 0 Å². The lowest BCUT2D eigenvalue weighted by molar-refractivity contribution is -0.150. The fraction of sp³-hybridized carbons (Fsp3) is 0.500. The molecule has 0 radical (unpaired) electrons. The van der Waals surface area contributed by atoms with Gasteiger partial charge in [-0.25, -0.2) is 0 Å². The van der Waals surface area contributed by atoms with Crippen molar-refractivity contribution in [2.24, 2.45) is 0 Å². The van der Waals surface area contributed by atoms with Gasteiger partial charge in [-0.1, -0.05) is 23.7 Å². The number of halogens is 1. The Morgan fingerprint density at radius 2 is 2.21 bits per heavy atom. The molecule has 19 heavy (non-hydrogen) atoms. The Kier molecular flexibility index (Phi) is 5.19. The number of piperazine rings is 1. The summed E-state index contributed by atoms with van der Waals surface area (Å²) < 4.78 is 5.13. The van der Waals surface area contributed by atoms with Crippen molar-refractivity contribution >= 4 is 17.6 Å². The van der Waals surface area contributed by atoms with Gasteiger partial charge in [-0.15, -0.1) is 0 Å². The second kappa shape index (κ2) is 6.89. The molecule has 104 valence electrons. The molecule has 0 bridgehead atoms. The highest BCUT2D eigenvalue weighted by atomic mass is 35.5. The van der Waals surface area contributed by atoms with E-state index < -0.39 is 0 Å². The number of ether oxygens (including phenoxy) is 1. The molecular weight excluding hydrogens is 264 g/mol. The van der Waals surface area contributed by atoms with Crippen LogP contribution in [0.2, 0.25) is 5.02 Å². The van der Waals surface area contributed by atoms with Crippen LogP contribution in [-0.2, 0) is 16.1 Å². The van der Waals surface area contributed by atoms with Crippen LogP contribution >= 0.6 is 11.6 Å². The van der Waals surface area contributed by atoms with Crippen molar-refractivity contribution in [3.8, 4) is 0 Å². The molecule has 0 amide bonds. The van der Waals surface area contributed by atoms with E-state index in [1.54, 1.807) is 0 Å². The predicted octanol–water partition coefficient (Wildman–Crippen LogP) is 1.68. The molecule has 5 heteroatoms. The minimum Gasteiger partial charge on any atom is -0.465 e. The fourth-order valence-electron chi connectivity index (χ4n) is 2.23. The fourth-order valence-corrected chi connectivity index (χ4v) is 2.36. The molecule has 1 heterocycles. The molecule has 0 aliphatic carbocycles. The molecule has 1 aromatic carbocycles. The van der Waals surface area contributed by atoms with Gasteiger partial charge in [0.1, 0.15) is 6.04 Å². The monoisotopic (exact) mass is 282 g/mol. The van der Waals surface area contributed by atoms with Gasteiger partial charge in [0.2, 0.25) is 0 Å². The maximum Gasteiger partial charge on any atom is 0.324 e. The molecule has 1 N–H and O–H groups in total. The molecule has 1 aromatic rings. The summed E-state index contributed by atoms with van der Waals surface area (Å²) in [7, 11) is 0. The second-order valence-electron chi connectivity index (χ2n) is 4.57. The highest BCUT2D eigenvalue weighted by Crippen LogP contribution is 2.14. The topological polar surface area (TPSA) is 41.6 Å². The lowest BCUT2D eigenvalue weighted by Gasteiger charge is -2.34. The molecule has 1 fully saturated rings. The normalized spacial score (nSPS) is 20.2. The first-order valence-electron chi connectivity index (χ1n) is 6.56. The van der Waals surface area contributed by atoms with Crippen molar-refractivity contribution in [3.05, 3.63) is 34.9 Å². The lowest BCUT2D eigenvalue weighted by Crippen LogP contribution is -2.54. The molecule has 1 atom stereocenters. The van der Waals surface area contributed by atoms with Crippen LogP contribution in [0.4, 0.5) is 0 Å². The van der Waals surface area contributed by atoms with Crippen LogP contribution in [0.1, 0.15) is 12.5 Å². The highest BCUT2D eigenvalue weighted by Gasteiger charge is 2.29. The number of benzene rings is 1. The average molecular weight is 283 g/mol. The zero-order valence-corrected chi connectivity index (χ0v) is 11.8. The van der Waals surface area contributed by atoms with E-state index in [-0.39, 0.29) is 12.0 Å². The Morgan fingerprint density at radius 1 is 1.47 bits per heavy atom. The van der Waals surface area contributed by atoms with Crippen LogP contribution in [-0.4, -0.2) is 43.2 Å². The van der Waals surface area contributed by atoms with E-state index in [2.05, 4.69) is 10.2 Å². The molecule has 1 saturated heterocycles. The summed E-state index contributed by atoms with van der Waals surface area (Å²) in [6.07, 6.45) is 0. The van der Waals surface area contributed by atoms with E-state index in [0.29, 0.717) is 13.2 Å². The molecule has 1 unspecified atom stereocenters. The SMILES string of the molecule is CCOC(=O)C1CNCCN1Cc1ccc(Cl)cc1. The Morgan fingerprint density at radius 3 is 2.89 bits per heavy atom. The Labute approximate surface area is 118 Å². The van der Waals surface area contributed by atoms with Crippen LogP contribution in [0, 0.1) is 0 Å². The minimum atomic E-state index is -0.204.